The van der Waals surface area contributed by atoms with Crippen molar-refractivity contribution in [2.45, 2.75) is 13.8 Å². The molecule has 0 radical (unpaired) electrons. The van der Waals surface area contributed by atoms with E-state index in [0.29, 0.717) is 0 Å². The van der Waals surface area contributed by atoms with Crippen LogP contribution in [0, 0.1) is 11.8 Å². The van der Waals surface area contributed by atoms with E-state index in [1.807, 2.05) is 0 Å². The van der Waals surface area contributed by atoms with Gasteiger partial charge in [0.1, 0.15) is 0 Å². The molecule has 0 rings (SSSR count). The molecule has 0 aromatic heterocycles. The summed E-state index contributed by atoms with van der Waals surface area (Å²) in [5.74, 6) is -1.52. The van der Waals surface area contributed by atoms with Gasteiger partial charge in [0.2, 0.25) is 0 Å². The molecule has 0 saturated heterocycles. The van der Waals surface area contributed by atoms with Crippen molar-refractivity contribution in [2.75, 3.05) is 6.61 Å². The zero-order chi connectivity index (χ0) is 7.44. The third kappa shape index (κ3) is 2.46. The smallest absolute Gasteiger partial charge is 0.309 e. The molecular formula is C6H12O3. The van der Waals surface area contributed by atoms with Crippen LogP contribution in [0.3, 0.4) is 0 Å². The Labute approximate surface area is 54.3 Å². The summed E-state index contributed by atoms with van der Waals surface area (Å²) in [7, 11) is 0. The Morgan fingerprint density at radius 3 is 2.00 bits per heavy atom. The second-order valence-corrected chi connectivity index (χ2v) is 2.37. The molecule has 0 aliphatic rings. The van der Waals surface area contributed by atoms with E-state index in [2.05, 4.69) is 0 Å². The van der Waals surface area contributed by atoms with Crippen LogP contribution < -0.4 is 0 Å². The van der Waals surface area contributed by atoms with E-state index in [-0.39, 0.29) is 12.5 Å². The van der Waals surface area contributed by atoms with Crippen molar-refractivity contribution < 1.29 is 15.0 Å². The first-order valence-corrected chi connectivity index (χ1v) is 2.93. The summed E-state index contributed by atoms with van der Waals surface area (Å²) in [4.78, 5) is 10.2. The number of aliphatic hydroxyl groups excluding tert-OH is 1. The zero-order valence-corrected chi connectivity index (χ0v) is 5.66. The van der Waals surface area contributed by atoms with Gasteiger partial charge in [0.25, 0.3) is 0 Å². The second kappa shape index (κ2) is 3.45. The fourth-order valence-corrected chi connectivity index (χ4v) is 0.574. The van der Waals surface area contributed by atoms with Crippen LogP contribution in [0.5, 0.6) is 0 Å². The van der Waals surface area contributed by atoms with Crippen LogP contribution in [-0.2, 0) is 4.79 Å². The van der Waals surface area contributed by atoms with Crippen molar-refractivity contribution in [1.29, 1.82) is 0 Å². The predicted molar refractivity (Wildman–Crippen MR) is 33.0 cm³/mol. The Kier molecular flexibility index (Phi) is 3.24. The maximum Gasteiger partial charge on any atom is 0.309 e. The van der Waals surface area contributed by atoms with Gasteiger partial charge in [0.15, 0.2) is 0 Å². The molecule has 3 heteroatoms. The van der Waals surface area contributed by atoms with Crippen molar-refractivity contribution in [3.05, 3.63) is 0 Å². The highest BCUT2D eigenvalue weighted by Gasteiger charge is 2.19. The molecule has 0 heterocycles. The predicted octanol–water partition coefficient (Wildman–Crippen LogP) is 0.336. The number of aliphatic carboxylic acids is 1. The highest BCUT2D eigenvalue weighted by molar-refractivity contribution is 5.70. The number of rotatable bonds is 3. The van der Waals surface area contributed by atoms with Gasteiger partial charge < -0.3 is 10.2 Å². The Morgan fingerprint density at radius 1 is 1.56 bits per heavy atom. The molecule has 0 amide bonds. The quantitative estimate of drug-likeness (QED) is 0.582. The molecule has 2 N–H and O–H groups in total. The van der Waals surface area contributed by atoms with E-state index in [1.54, 1.807) is 13.8 Å². The topological polar surface area (TPSA) is 57.5 Å². The van der Waals surface area contributed by atoms with Gasteiger partial charge in [-0.15, -0.1) is 0 Å². The molecule has 0 aromatic carbocycles. The van der Waals surface area contributed by atoms with Crippen molar-refractivity contribution >= 4 is 5.97 Å². The number of aliphatic hydroxyl groups is 1. The molecule has 0 aliphatic heterocycles. The van der Waals surface area contributed by atoms with Crippen LogP contribution in [0.1, 0.15) is 13.8 Å². The molecule has 0 bridgehead atoms. The lowest BCUT2D eigenvalue weighted by Gasteiger charge is -2.11. The Balaban J connectivity index is 3.83. The number of hydrogen-bond donors (Lipinski definition) is 2. The number of hydrogen-bond acceptors (Lipinski definition) is 2. The minimum atomic E-state index is -0.924. The highest BCUT2D eigenvalue weighted by Crippen LogP contribution is 2.08. The van der Waals surface area contributed by atoms with E-state index in [9.17, 15) is 4.79 Å². The van der Waals surface area contributed by atoms with Crippen LogP contribution in [0.25, 0.3) is 0 Å². The Hall–Kier alpha value is -0.570. The first-order chi connectivity index (χ1) is 4.09. The average Bonchev–Trinajstić information content (AvgIpc) is 1.64. The van der Waals surface area contributed by atoms with Gasteiger partial charge in [-0.05, 0) is 5.92 Å². The van der Waals surface area contributed by atoms with Crippen LogP contribution in [0.2, 0.25) is 0 Å². The van der Waals surface area contributed by atoms with Gasteiger partial charge >= 0.3 is 5.97 Å². The van der Waals surface area contributed by atoms with Gasteiger partial charge in [-0.25, -0.2) is 0 Å². The minimum Gasteiger partial charge on any atom is -0.481 e. The van der Waals surface area contributed by atoms with Crippen molar-refractivity contribution in [2.24, 2.45) is 11.8 Å². The fourth-order valence-electron chi connectivity index (χ4n) is 0.574. The lowest BCUT2D eigenvalue weighted by atomic mass is 9.97. The molecule has 9 heavy (non-hydrogen) atoms. The molecule has 0 saturated carbocycles. The number of carbonyl (C=O) groups is 1. The largest absolute Gasteiger partial charge is 0.481 e. The van der Waals surface area contributed by atoms with E-state index >= 15 is 0 Å². The van der Waals surface area contributed by atoms with E-state index in [4.69, 9.17) is 10.2 Å². The standard InChI is InChI=1S/C6H12O3/c1-4(2)5(3-7)6(8)9/h4-5,7H,3H2,1-2H3,(H,8,9)/t5-/m0/s1. The maximum absolute atomic E-state index is 10.2. The van der Waals surface area contributed by atoms with Gasteiger partial charge in [0, 0.05) is 0 Å². The second-order valence-electron chi connectivity index (χ2n) is 2.37. The third-order valence-corrected chi connectivity index (χ3v) is 1.32. The molecule has 1 atom stereocenters. The molecule has 0 unspecified atom stereocenters. The summed E-state index contributed by atoms with van der Waals surface area (Å²) in [6.45, 7) is 3.27. The highest BCUT2D eigenvalue weighted by atomic mass is 16.4. The molecule has 0 aliphatic carbocycles. The van der Waals surface area contributed by atoms with Crippen LogP contribution in [0.4, 0.5) is 0 Å². The first kappa shape index (κ1) is 8.43. The van der Waals surface area contributed by atoms with Crippen LogP contribution >= 0.6 is 0 Å². The summed E-state index contributed by atoms with van der Waals surface area (Å²) >= 11 is 0. The summed E-state index contributed by atoms with van der Waals surface area (Å²) in [5, 5.41) is 16.9. The van der Waals surface area contributed by atoms with Crippen LogP contribution in [-0.4, -0.2) is 22.8 Å². The van der Waals surface area contributed by atoms with Crippen molar-refractivity contribution in [3.8, 4) is 0 Å². The van der Waals surface area contributed by atoms with E-state index in [1.165, 1.54) is 0 Å². The third-order valence-electron chi connectivity index (χ3n) is 1.32. The number of carboxylic acid groups (broad SMARTS) is 1. The van der Waals surface area contributed by atoms with E-state index in [0.717, 1.165) is 0 Å². The van der Waals surface area contributed by atoms with Gasteiger partial charge in [-0.2, -0.15) is 0 Å². The summed E-state index contributed by atoms with van der Waals surface area (Å²) in [6, 6.07) is 0. The molecule has 54 valence electrons. The maximum atomic E-state index is 10.2. The van der Waals surface area contributed by atoms with E-state index < -0.39 is 11.9 Å². The lowest BCUT2D eigenvalue weighted by molar-refractivity contribution is -0.144. The Morgan fingerprint density at radius 2 is 2.00 bits per heavy atom. The fraction of sp³-hybridized carbons (Fsp3) is 0.833. The average molecular weight is 132 g/mol. The summed E-state index contributed by atoms with van der Waals surface area (Å²) in [5.41, 5.74) is 0. The first-order valence-electron chi connectivity index (χ1n) is 2.93. The Bertz CT molecular complexity index is 98.5. The monoisotopic (exact) mass is 132 g/mol. The minimum absolute atomic E-state index is 0.00694. The summed E-state index contributed by atoms with van der Waals surface area (Å²) < 4.78 is 0. The molecule has 0 fully saturated rings. The molecular weight excluding hydrogens is 120 g/mol. The normalized spacial score (nSPS) is 13.8. The van der Waals surface area contributed by atoms with Crippen molar-refractivity contribution in [1.82, 2.24) is 0 Å². The van der Waals surface area contributed by atoms with Gasteiger partial charge in [0.05, 0.1) is 12.5 Å². The zero-order valence-electron chi connectivity index (χ0n) is 5.66. The summed E-state index contributed by atoms with van der Waals surface area (Å²) in [6.07, 6.45) is 0. The molecule has 0 aromatic rings. The van der Waals surface area contributed by atoms with Gasteiger partial charge in [-0.1, -0.05) is 13.8 Å². The van der Waals surface area contributed by atoms with Gasteiger partial charge in [-0.3, -0.25) is 4.79 Å². The molecule has 0 spiro atoms. The van der Waals surface area contributed by atoms with Crippen molar-refractivity contribution in [3.63, 3.8) is 0 Å². The molecule has 3 nitrogen and oxygen atoms in total. The van der Waals surface area contributed by atoms with Crippen LogP contribution in [0.15, 0.2) is 0 Å². The lowest BCUT2D eigenvalue weighted by Crippen LogP contribution is -2.23. The SMILES string of the molecule is CC(C)[C@H](CO)C(=O)O. The number of carboxylic acids is 1.